The maximum atomic E-state index is 12.4. The molecule has 0 fully saturated rings. The molecule has 0 spiro atoms. The molecule has 0 aliphatic carbocycles. The predicted octanol–water partition coefficient (Wildman–Crippen LogP) is 1.77. The lowest BCUT2D eigenvalue weighted by molar-refractivity contribution is -0.692. The molecule has 29 heavy (non-hydrogen) atoms. The van der Waals surface area contributed by atoms with Gasteiger partial charge < -0.3 is 26.5 Å². The highest BCUT2D eigenvalue weighted by Crippen LogP contribution is 2.26. The molecule has 0 unspecified atom stereocenters. The summed E-state index contributed by atoms with van der Waals surface area (Å²) < 4.78 is 39.2. The van der Waals surface area contributed by atoms with Crippen LogP contribution in [0, 0.1) is 0 Å². The van der Waals surface area contributed by atoms with E-state index in [2.05, 4.69) is 20.1 Å². The van der Waals surface area contributed by atoms with Crippen LogP contribution in [-0.4, -0.2) is 18.3 Å². The number of aromatic nitrogens is 2. The third-order valence-electron chi connectivity index (χ3n) is 5.14. The van der Waals surface area contributed by atoms with Crippen LogP contribution in [0.25, 0.3) is 16.9 Å². The second kappa shape index (κ2) is 9.39. The molecule has 3 aromatic rings. The molecule has 0 radical (unpaired) electrons. The summed E-state index contributed by atoms with van der Waals surface area (Å²) >= 11 is 0. The Kier molecular flexibility index (Phi) is 6.90. The van der Waals surface area contributed by atoms with E-state index in [0.717, 1.165) is 48.5 Å². The first-order valence-corrected chi connectivity index (χ1v) is 9.49. The summed E-state index contributed by atoms with van der Waals surface area (Å²) in [6.07, 6.45) is 6.61. The van der Waals surface area contributed by atoms with Gasteiger partial charge in [0.25, 0.3) is 5.82 Å². The largest absolute Gasteiger partial charge is 1.00 e. The zero-order valence-corrected chi connectivity index (χ0v) is 17.7. The number of alkyl halides is 2. The van der Waals surface area contributed by atoms with Gasteiger partial charge in [0.1, 0.15) is 23.4 Å². The normalized spacial score (nSPS) is 13.4. The minimum Gasteiger partial charge on any atom is -1.00 e. The Morgan fingerprint density at radius 1 is 0.931 bits per heavy atom. The molecular weight excluding hydrogens is 442 g/mol. The fourth-order valence-electron chi connectivity index (χ4n) is 3.77. The third kappa shape index (κ3) is 4.61. The van der Waals surface area contributed by atoms with Gasteiger partial charge in [-0.05, 0) is 67.8 Å². The average molecular weight is 465 g/mol. The number of rotatable bonds is 5. The van der Waals surface area contributed by atoms with Crippen molar-refractivity contribution in [1.29, 1.82) is 0 Å². The molecule has 0 saturated carbocycles. The first-order valence-electron chi connectivity index (χ1n) is 9.49. The second-order valence-corrected chi connectivity index (χ2v) is 6.86. The van der Waals surface area contributed by atoms with Crippen molar-refractivity contribution < 1.29 is 39.8 Å². The Balaban J connectivity index is 0.00000240. The van der Waals surface area contributed by atoms with Crippen LogP contribution in [0.3, 0.4) is 0 Å². The summed E-state index contributed by atoms with van der Waals surface area (Å²) in [5, 5.41) is 0. The maximum absolute atomic E-state index is 12.4. The minimum atomic E-state index is -2.81. The highest BCUT2D eigenvalue weighted by atomic mass is 79.9. The molecule has 2 heterocycles. The van der Waals surface area contributed by atoms with Crippen LogP contribution >= 0.6 is 0 Å². The second-order valence-electron chi connectivity index (χ2n) is 6.86. The summed E-state index contributed by atoms with van der Waals surface area (Å²) in [7, 11) is 1.66. The summed E-state index contributed by atoms with van der Waals surface area (Å²) in [6.45, 7) is -1.86. The van der Waals surface area contributed by atoms with E-state index in [1.54, 1.807) is 19.2 Å². The molecule has 4 nitrogen and oxygen atoms in total. The van der Waals surface area contributed by atoms with Crippen molar-refractivity contribution in [2.24, 2.45) is 0 Å². The Morgan fingerprint density at radius 3 is 2.28 bits per heavy atom. The molecule has 154 valence electrons. The Morgan fingerprint density at radius 2 is 1.62 bits per heavy atom. The Labute approximate surface area is 179 Å². The number of imidazole rings is 1. The van der Waals surface area contributed by atoms with Crippen LogP contribution in [0.1, 0.15) is 25.1 Å². The van der Waals surface area contributed by atoms with Crippen LogP contribution in [0.5, 0.6) is 11.5 Å². The molecule has 0 amide bonds. The molecule has 0 bridgehead atoms. The number of nitrogens with zero attached hydrogens (tertiary/aromatic N) is 2. The van der Waals surface area contributed by atoms with Gasteiger partial charge in [0.05, 0.1) is 13.7 Å². The first-order chi connectivity index (χ1) is 13.7. The number of halogens is 3. The summed E-state index contributed by atoms with van der Waals surface area (Å²) in [4.78, 5) is 0. The van der Waals surface area contributed by atoms with E-state index >= 15 is 0 Å². The number of ether oxygens (including phenoxy) is 2. The zero-order chi connectivity index (χ0) is 19.5. The SMILES string of the molecule is COc1ccc(-n2cc(-c3ccc(OC(F)F)cc3)[n+]3c2CCCCC3)cc1.[Br-]. The van der Waals surface area contributed by atoms with Crippen LogP contribution in [0.15, 0.2) is 54.7 Å². The van der Waals surface area contributed by atoms with Gasteiger partial charge in [0.2, 0.25) is 0 Å². The van der Waals surface area contributed by atoms with Gasteiger partial charge in [-0.1, -0.05) is 0 Å². The molecule has 1 aliphatic heterocycles. The molecule has 0 atom stereocenters. The van der Waals surface area contributed by atoms with Gasteiger partial charge in [-0.2, -0.15) is 13.3 Å². The van der Waals surface area contributed by atoms with E-state index < -0.39 is 6.61 Å². The standard InChI is InChI=1S/C22H23F2N2O2.BrH/c1-27-18-12-8-17(9-13-18)26-15-20(25-14-4-2-3-5-21(25)26)16-6-10-19(11-7-16)28-22(23)24;/h6-13,15,22H,2-5,14H2,1H3;1H/q+1;/p-1. The molecule has 0 saturated heterocycles. The quantitative estimate of drug-likeness (QED) is 0.538. The zero-order valence-electron chi connectivity index (χ0n) is 16.2. The van der Waals surface area contributed by atoms with E-state index in [0.29, 0.717) is 0 Å². The molecule has 1 aromatic heterocycles. The van der Waals surface area contributed by atoms with E-state index in [4.69, 9.17) is 4.74 Å². The topological polar surface area (TPSA) is 27.3 Å². The van der Waals surface area contributed by atoms with Crippen molar-refractivity contribution in [2.45, 2.75) is 38.8 Å². The Hall–Kier alpha value is -2.41. The fourth-order valence-corrected chi connectivity index (χ4v) is 3.77. The van der Waals surface area contributed by atoms with Gasteiger partial charge in [0, 0.05) is 12.0 Å². The van der Waals surface area contributed by atoms with Gasteiger partial charge in [-0.25, -0.2) is 4.57 Å². The average Bonchev–Trinajstić information content (AvgIpc) is 2.89. The monoisotopic (exact) mass is 464 g/mol. The van der Waals surface area contributed by atoms with Crippen LogP contribution in [0.4, 0.5) is 8.78 Å². The molecule has 4 rings (SSSR count). The van der Waals surface area contributed by atoms with Crippen molar-refractivity contribution >= 4 is 0 Å². The van der Waals surface area contributed by atoms with Gasteiger partial charge >= 0.3 is 6.61 Å². The highest BCUT2D eigenvalue weighted by Gasteiger charge is 2.27. The van der Waals surface area contributed by atoms with Gasteiger partial charge in [0.15, 0.2) is 5.69 Å². The van der Waals surface area contributed by atoms with Crippen molar-refractivity contribution in [3.05, 3.63) is 60.6 Å². The fraction of sp³-hybridized carbons (Fsp3) is 0.318. The van der Waals surface area contributed by atoms with Crippen molar-refractivity contribution in [1.82, 2.24) is 4.57 Å². The van der Waals surface area contributed by atoms with Crippen LogP contribution < -0.4 is 31.0 Å². The van der Waals surface area contributed by atoms with Crippen molar-refractivity contribution in [2.75, 3.05) is 7.11 Å². The van der Waals surface area contributed by atoms with E-state index in [1.165, 1.54) is 12.2 Å². The minimum absolute atomic E-state index is 0. The molecule has 1 aliphatic rings. The van der Waals surface area contributed by atoms with Crippen LogP contribution in [0.2, 0.25) is 0 Å². The lowest BCUT2D eigenvalue weighted by Crippen LogP contribution is -3.00. The maximum Gasteiger partial charge on any atom is 0.387 e. The van der Waals surface area contributed by atoms with E-state index in [-0.39, 0.29) is 22.7 Å². The van der Waals surface area contributed by atoms with Crippen LogP contribution in [-0.2, 0) is 13.0 Å². The number of hydrogen-bond acceptors (Lipinski definition) is 2. The number of fused-ring (bicyclic) bond motifs is 1. The summed E-state index contributed by atoms with van der Waals surface area (Å²) in [5.41, 5.74) is 3.14. The molecule has 2 aromatic carbocycles. The number of methoxy groups -OCH3 is 1. The van der Waals surface area contributed by atoms with Gasteiger partial charge in [-0.3, -0.25) is 0 Å². The lowest BCUT2D eigenvalue weighted by Gasteiger charge is -2.05. The van der Waals surface area contributed by atoms with Gasteiger partial charge in [-0.15, -0.1) is 0 Å². The smallest absolute Gasteiger partial charge is 0.387 e. The van der Waals surface area contributed by atoms with Crippen molar-refractivity contribution in [3.63, 3.8) is 0 Å². The summed E-state index contributed by atoms with van der Waals surface area (Å²) in [6, 6.07) is 14.9. The van der Waals surface area contributed by atoms with E-state index in [1.807, 2.05) is 36.4 Å². The number of benzene rings is 2. The predicted molar refractivity (Wildman–Crippen MR) is 102 cm³/mol. The van der Waals surface area contributed by atoms with Crippen molar-refractivity contribution in [3.8, 4) is 28.4 Å². The number of hydrogen-bond donors (Lipinski definition) is 0. The lowest BCUT2D eigenvalue weighted by atomic mass is 10.1. The molecular formula is C22H23BrF2N2O2. The summed E-state index contributed by atoms with van der Waals surface area (Å²) in [5.74, 6) is 2.25. The first kappa shape index (κ1) is 21.3. The highest BCUT2D eigenvalue weighted by molar-refractivity contribution is 5.58. The molecule has 7 heteroatoms. The molecule has 0 N–H and O–H groups in total. The third-order valence-corrected chi connectivity index (χ3v) is 5.14. The Bertz CT molecular complexity index is 941. The van der Waals surface area contributed by atoms with E-state index in [9.17, 15) is 8.78 Å².